The van der Waals surface area contributed by atoms with Gasteiger partial charge in [-0.25, -0.2) is 0 Å². The molecule has 90 valence electrons. The number of nitro groups is 1. The molecule has 0 saturated carbocycles. The standard InChI is InChI=1S/C11H11NO5/c1-5-7-6-8(15-2)10(16-3)11(17-4)9(7)12(13)14/h1,6H,2-4H3. The van der Waals surface area contributed by atoms with Gasteiger partial charge in [-0.1, -0.05) is 5.92 Å². The maximum absolute atomic E-state index is 11.0. The van der Waals surface area contributed by atoms with E-state index >= 15 is 0 Å². The Balaban J connectivity index is 3.69. The van der Waals surface area contributed by atoms with Crippen molar-refractivity contribution in [3.8, 4) is 29.6 Å². The Kier molecular flexibility index (Phi) is 3.78. The van der Waals surface area contributed by atoms with Crippen molar-refractivity contribution in [1.82, 2.24) is 0 Å². The van der Waals surface area contributed by atoms with Crippen molar-refractivity contribution >= 4 is 5.69 Å². The lowest BCUT2D eigenvalue weighted by atomic mass is 10.1. The Labute approximate surface area is 98.2 Å². The minimum Gasteiger partial charge on any atom is -0.493 e. The van der Waals surface area contributed by atoms with E-state index in [0.717, 1.165) is 0 Å². The highest BCUT2D eigenvalue weighted by Crippen LogP contribution is 2.45. The van der Waals surface area contributed by atoms with Gasteiger partial charge in [0.1, 0.15) is 5.56 Å². The SMILES string of the molecule is C#Cc1cc(OC)c(OC)c(OC)c1[N+](=O)[O-]. The molecule has 0 aliphatic heterocycles. The quantitative estimate of drug-likeness (QED) is 0.452. The van der Waals surface area contributed by atoms with Gasteiger partial charge in [-0.05, 0) is 0 Å². The fraction of sp³-hybridized carbons (Fsp3) is 0.273. The van der Waals surface area contributed by atoms with Crippen LogP contribution in [0.4, 0.5) is 5.69 Å². The molecule has 0 aliphatic rings. The zero-order valence-corrected chi connectivity index (χ0v) is 9.64. The van der Waals surface area contributed by atoms with Crippen LogP contribution in [0.25, 0.3) is 0 Å². The molecule has 1 aromatic rings. The number of hydrogen-bond acceptors (Lipinski definition) is 5. The molecule has 0 atom stereocenters. The molecule has 6 nitrogen and oxygen atoms in total. The number of terminal acetylenes is 1. The third kappa shape index (κ3) is 2.08. The molecular formula is C11H11NO5. The van der Waals surface area contributed by atoms with Crippen LogP contribution in [0.3, 0.4) is 0 Å². The van der Waals surface area contributed by atoms with Crippen LogP contribution < -0.4 is 14.2 Å². The normalized spacial score (nSPS) is 9.29. The van der Waals surface area contributed by atoms with Crippen molar-refractivity contribution in [3.63, 3.8) is 0 Å². The summed E-state index contributed by atoms with van der Waals surface area (Å²) in [5.74, 6) is 2.59. The van der Waals surface area contributed by atoms with Crippen molar-refractivity contribution in [2.24, 2.45) is 0 Å². The number of nitro benzene ring substituents is 1. The molecule has 0 aliphatic carbocycles. The van der Waals surface area contributed by atoms with Crippen molar-refractivity contribution < 1.29 is 19.1 Å². The summed E-state index contributed by atoms with van der Waals surface area (Å²) in [4.78, 5) is 10.3. The summed E-state index contributed by atoms with van der Waals surface area (Å²) >= 11 is 0. The lowest BCUT2D eigenvalue weighted by molar-refractivity contribution is -0.386. The van der Waals surface area contributed by atoms with Gasteiger partial charge in [0.25, 0.3) is 0 Å². The second-order valence-corrected chi connectivity index (χ2v) is 2.94. The van der Waals surface area contributed by atoms with Gasteiger partial charge in [-0.15, -0.1) is 6.42 Å². The van der Waals surface area contributed by atoms with Gasteiger partial charge in [-0.2, -0.15) is 0 Å². The summed E-state index contributed by atoms with van der Waals surface area (Å²) in [6.07, 6.45) is 5.22. The van der Waals surface area contributed by atoms with Crippen molar-refractivity contribution in [2.45, 2.75) is 0 Å². The first kappa shape index (κ1) is 12.6. The predicted molar refractivity (Wildman–Crippen MR) is 60.7 cm³/mol. The summed E-state index contributed by atoms with van der Waals surface area (Å²) in [5.41, 5.74) is -0.239. The maximum atomic E-state index is 11.0. The highest BCUT2D eigenvalue weighted by molar-refractivity contribution is 5.70. The Bertz CT molecular complexity index is 490. The summed E-state index contributed by atoms with van der Waals surface area (Å²) in [5, 5.41) is 11.0. The number of rotatable bonds is 4. The van der Waals surface area contributed by atoms with Crippen LogP contribution in [0.15, 0.2) is 6.07 Å². The van der Waals surface area contributed by atoms with Crippen LogP contribution in [0.5, 0.6) is 17.2 Å². The van der Waals surface area contributed by atoms with Crippen molar-refractivity contribution in [2.75, 3.05) is 21.3 Å². The average Bonchev–Trinajstić information content (AvgIpc) is 2.35. The van der Waals surface area contributed by atoms with Gasteiger partial charge in [0, 0.05) is 6.07 Å². The van der Waals surface area contributed by atoms with Crippen LogP contribution in [-0.4, -0.2) is 26.3 Å². The molecule has 0 fully saturated rings. The molecule has 0 spiro atoms. The van der Waals surface area contributed by atoms with Gasteiger partial charge in [0.2, 0.25) is 11.5 Å². The summed E-state index contributed by atoms with van der Waals surface area (Å²) in [7, 11) is 4.06. The molecule has 0 unspecified atom stereocenters. The molecule has 0 amide bonds. The zero-order chi connectivity index (χ0) is 13.0. The molecule has 17 heavy (non-hydrogen) atoms. The first-order valence-electron chi connectivity index (χ1n) is 4.54. The average molecular weight is 237 g/mol. The smallest absolute Gasteiger partial charge is 0.330 e. The molecule has 0 radical (unpaired) electrons. The summed E-state index contributed by atoms with van der Waals surface area (Å²) in [6.45, 7) is 0. The third-order valence-electron chi connectivity index (χ3n) is 2.14. The Morgan fingerprint density at radius 1 is 1.24 bits per heavy atom. The molecular weight excluding hydrogens is 226 g/mol. The summed E-state index contributed by atoms with van der Waals surface area (Å²) in [6, 6.07) is 1.36. The number of hydrogen-bond donors (Lipinski definition) is 0. The van der Waals surface area contributed by atoms with E-state index in [1.54, 1.807) is 0 Å². The predicted octanol–water partition coefficient (Wildman–Crippen LogP) is 1.60. The lowest BCUT2D eigenvalue weighted by Gasteiger charge is -2.12. The van der Waals surface area contributed by atoms with Crippen LogP contribution in [0.1, 0.15) is 5.56 Å². The monoisotopic (exact) mass is 237 g/mol. The molecule has 0 aromatic heterocycles. The third-order valence-corrected chi connectivity index (χ3v) is 2.14. The number of methoxy groups -OCH3 is 3. The van der Waals surface area contributed by atoms with E-state index in [1.165, 1.54) is 27.4 Å². The van der Waals surface area contributed by atoms with Crippen molar-refractivity contribution in [1.29, 1.82) is 0 Å². The van der Waals surface area contributed by atoms with E-state index in [2.05, 4.69) is 5.92 Å². The highest BCUT2D eigenvalue weighted by atomic mass is 16.6. The van der Waals surface area contributed by atoms with Crippen molar-refractivity contribution in [3.05, 3.63) is 21.7 Å². The Morgan fingerprint density at radius 3 is 2.18 bits per heavy atom. The zero-order valence-electron chi connectivity index (χ0n) is 9.64. The molecule has 6 heteroatoms. The number of benzene rings is 1. The molecule has 0 heterocycles. The molecule has 1 rings (SSSR count). The largest absolute Gasteiger partial charge is 0.493 e. The van der Waals surface area contributed by atoms with Crippen LogP contribution >= 0.6 is 0 Å². The minimum atomic E-state index is -0.615. The maximum Gasteiger partial charge on any atom is 0.330 e. The Hall–Kier alpha value is -2.42. The fourth-order valence-corrected chi connectivity index (χ4v) is 1.43. The van der Waals surface area contributed by atoms with Gasteiger partial charge < -0.3 is 14.2 Å². The number of ether oxygens (including phenoxy) is 3. The van der Waals surface area contributed by atoms with Gasteiger partial charge in [-0.3, -0.25) is 10.1 Å². The first-order chi connectivity index (χ1) is 8.10. The molecule has 0 bridgehead atoms. The lowest BCUT2D eigenvalue weighted by Crippen LogP contribution is -2.01. The van der Waals surface area contributed by atoms with E-state index in [-0.39, 0.29) is 28.5 Å². The van der Waals surface area contributed by atoms with E-state index in [9.17, 15) is 10.1 Å². The number of nitrogens with zero attached hydrogens (tertiary/aromatic N) is 1. The van der Waals surface area contributed by atoms with Crippen LogP contribution in [0.2, 0.25) is 0 Å². The van der Waals surface area contributed by atoms with Gasteiger partial charge in [0.15, 0.2) is 5.75 Å². The second-order valence-electron chi connectivity index (χ2n) is 2.94. The van der Waals surface area contributed by atoms with Gasteiger partial charge in [0.05, 0.1) is 26.3 Å². The Morgan fingerprint density at radius 2 is 1.82 bits per heavy atom. The first-order valence-corrected chi connectivity index (χ1v) is 4.54. The summed E-state index contributed by atoms with van der Waals surface area (Å²) < 4.78 is 15.0. The van der Waals surface area contributed by atoms with E-state index in [4.69, 9.17) is 20.6 Å². The fourth-order valence-electron chi connectivity index (χ4n) is 1.43. The second kappa shape index (κ2) is 5.07. The minimum absolute atomic E-state index is 0.0511. The molecule has 0 saturated heterocycles. The van der Waals surface area contributed by atoms with E-state index < -0.39 is 4.92 Å². The highest BCUT2D eigenvalue weighted by Gasteiger charge is 2.28. The van der Waals surface area contributed by atoms with E-state index in [1.807, 2.05) is 0 Å². The van der Waals surface area contributed by atoms with Crippen LogP contribution in [-0.2, 0) is 0 Å². The molecule has 1 aromatic carbocycles. The van der Waals surface area contributed by atoms with E-state index in [0.29, 0.717) is 0 Å². The molecule has 0 N–H and O–H groups in total. The topological polar surface area (TPSA) is 70.8 Å². The van der Waals surface area contributed by atoms with Gasteiger partial charge >= 0.3 is 5.69 Å². The van der Waals surface area contributed by atoms with Crippen LogP contribution in [0, 0.1) is 22.5 Å².